The summed E-state index contributed by atoms with van der Waals surface area (Å²) in [5.41, 5.74) is 2.83. The fourth-order valence-corrected chi connectivity index (χ4v) is 3.10. The van der Waals surface area contributed by atoms with Crippen LogP contribution in [0.15, 0.2) is 41.5 Å². The van der Waals surface area contributed by atoms with Crippen LogP contribution in [0.2, 0.25) is 0 Å². The molecule has 5 rings (SSSR count). The lowest BCUT2D eigenvalue weighted by Gasteiger charge is -2.07. The Morgan fingerprint density at radius 2 is 2.00 bits per heavy atom. The average Bonchev–Trinajstić information content (AvgIpc) is 3.23. The first-order chi connectivity index (χ1) is 13.7. The average molecular weight is 376 g/mol. The van der Waals surface area contributed by atoms with Gasteiger partial charge in [0, 0.05) is 23.4 Å². The zero-order valence-electron chi connectivity index (χ0n) is 14.7. The van der Waals surface area contributed by atoms with E-state index in [2.05, 4.69) is 35.9 Å². The van der Waals surface area contributed by atoms with E-state index in [1.54, 1.807) is 4.57 Å². The molecule has 0 atom stereocenters. The number of benzene rings is 1. The summed E-state index contributed by atoms with van der Waals surface area (Å²) in [5.74, 6) is 0.978. The van der Waals surface area contributed by atoms with Crippen LogP contribution >= 0.6 is 0 Å². The van der Waals surface area contributed by atoms with E-state index < -0.39 is 5.56 Å². The molecule has 0 saturated heterocycles. The van der Waals surface area contributed by atoms with Crippen LogP contribution in [-0.4, -0.2) is 41.1 Å². The number of hydrogen-bond acceptors (Lipinski definition) is 6. The first kappa shape index (κ1) is 16.4. The lowest BCUT2D eigenvalue weighted by Crippen LogP contribution is -2.15. The quantitative estimate of drug-likeness (QED) is 0.480. The second-order valence-electron chi connectivity index (χ2n) is 6.79. The van der Waals surface area contributed by atoms with Crippen LogP contribution in [0.5, 0.6) is 0 Å². The number of hydrogen-bond donors (Lipinski definition) is 3. The highest BCUT2D eigenvalue weighted by atomic mass is 16.1. The van der Waals surface area contributed by atoms with Crippen LogP contribution in [0.4, 0.5) is 5.82 Å². The summed E-state index contributed by atoms with van der Waals surface area (Å²) >= 11 is 0. The lowest BCUT2D eigenvalue weighted by molar-refractivity contribution is -0.115. The number of fused-ring (bicyclic) bond motifs is 1. The number of carbonyl (C=O) groups is 1. The maximum atomic E-state index is 12.3. The molecule has 140 valence electrons. The van der Waals surface area contributed by atoms with Crippen molar-refractivity contribution in [1.82, 2.24) is 35.2 Å². The van der Waals surface area contributed by atoms with Gasteiger partial charge >= 0.3 is 5.56 Å². The normalized spacial score (nSPS) is 13.7. The van der Waals surface area contributed by atoms with Gasteiger partial charge in [-0.1, -0.05) is 12.1 Å². The number of aromatic amines is 2. The molecule has 10 heteroatoms. The first-order valence-electron chi connectivity index (χ1n) is 8.90. The summed E-state index contributed by atoms with van der Waals surface area (Å²) in [7, 11) is 0. The smallest absolute Gasteiger partial charge is 0.302 e. The van der Waals surface area contributed by atoms with Crippen molar-refractivity contribution in [2.75, 3.05) is 5.32 Å². The molecule has 1 saturated carbocycles. The van der Waals surface area contributed by atoms with Gasteiger partial charge in [0.15, 0.2) is 17.0 Å². The highest BCUT2D eigenvalue weighted by Crippen LogP contribution is 2.39. The van der Waals surface area contributed by atoms with Crippen molar-refractivity contribution >= 4 is 22.9 Å². The van der Waals surface area contributed by atoms with E-state index in [0.717, 1.165) is 16.9 Å². The monoisotopic (exact) mass is 376 g/mol. The number of H-pyrrole nitrogens is 2. The molecule has 1 aliphatic carbocycles. The van der Waals surface area contributed by atoms with Crippen molar-refractivity contribution < 1.29 is 4.79 Å². The fourth-order valence-electron chi connectivity index (χ4n) is 3.10. The van der Waals surface area contributed by atoms with E-state index in [1.165, 1.54) is 19.2 Å². The second kappa shape index (κ2) is 6.41. The second-order valence-corrected chi connectivity index (χ2v) is 6.79. The van der Waals surface area contributed by atoms with E-state index in [-0.39, 0.29) is 17.8 Å². The minimum absolute atomic E-state index is 0.134. The molecule has 0 spiro atoms. The van der Waals surface area contributed by atoms with Gasteiger partial charge in [-0.25, -0.2) is 0 Å². The van der Waals surface area contributed by atoms with Gasteiger partial charge in [-0.2, -0.15) is 15.3 Å². The van der Waals surface area contributed by atoms with Crippen molar-refractivity contribution in [3.63, 3.8) is 0 Å². The summed E-state index contributed by atoms with van der Waals surface area (Å²) in [6, 6.07) is 9.26. The molecule has 0 aliphatic heterocycles. The number of carbonyl (C=O) groups excluding carboxylic acids is 1. The highest BCUT2D eigenvalue weighted by Gasteiger charge is 2.25. The van der Waals surface area contributed by atoms with E-state index in [4.69, 9.17) is 0 Å². The minimum atomic E-state index is -0.434. The molecule has 10 nitrogen and oxygen atoms in total. The Morgan fingerprint density at radius 1 is 1.18 bits per heavy atom. The van der Waals surface area contributed by atoms with E-state index >= 15 is 0 Å². The number of nitrogens with zero attached hydrogens (tertiary/aromatic N) is 5. The number of rotatable bonds is 5. The molecule has 3 N–H and O–H groups in total. The Morgan fingerprint density at radius 3 is 2.79 bits per heavy atom. The Hall–Kier alpha value is -3.82. The van der Waals surface area contributed by atoms with Crippen LogP contribution in [0.3, 0.4) is 0 Å². The molecular formula is C18H16N8O2. The van der Waals surface area contributed by atoms with Crippen molar-refractivity contribution in [2.45, 2.75) is 25.2 Å². The summed E-state index contributed by atoms with van der Waals surface area (Å²) < 4.78 is 1.66. The Kier molecular flexibility index (Phi) is 3.75. The summed E-state index contributed by atoms with van der Waals surface area (Å²) in [4.78, 5) is 27.8. The van der Waals surface area contributed by atoms with Gasteiger partial charge in [0.2, 0.25) is 5.91 Å². The van der Waals surface area contributed by atoms with Crippen LogP contribution in [0.25, 0.3) is 16.9 Å². The largest absolute Gasteiger partial charge is 0.309 e. The van der Waals surface area contributed by atoms with Gasteiger partial charge in [0.25, 0.3) is 0 Å². The molecule has 0 bridgehead atoms. The third-order valence-electron chi connectivity index (χ3n) is 4.71. The zero-order chi connectivity index (χ0) is 19.1. The molecule has 0 radical (unpaired) electrons. The van der Waals surface area contributed by atoms with Crippen LogP contribution in [0.1, 0.15) is 30.0 Å². The Labute approximate surface area is 158 Å². The number of anilines is 1. The van der Waals surface area contributed by atoms with Crippen molar-refractivity contribution in [3.8, 4) is 5.69 Å². The van der Waals surface area contributed by atoms with E-state index in [9.17, 15) is 9.59 Å². The van der Waals surface area contributed by atoms with Crippen molar-refractivity contribution in [1.29, 1.82) is 0 Å². The number of amides is 1. The van der Waals surface area contributed by atoms with Crippen molar-refractivity contribution in [2.24, 2.45) is 0 Å². The molecule has 1 aliphatic rings. The van der Waals surface area contributed by atoms with Gasteiger partial charge in [-0.3, -0.25) is 19.3 Å². The van der Waals surface area contributed by atoms with Gasteiger partial charge in [0.1, 0.15) is 6.33 Å². The number of nitrogens with one attached hydrogen (secondary N) is 3. The molecule has 1 amide bonds. The van der Waals surface area contributed by atoms with Gasteiger partial charge < -0.3 is 5.32 Å². The SMILES string of the molecule is O=C(Cc1ccc(-n2cnc(=O)c3n[nH]nc32)cc1)Nc1cc(C2CC2)[nH]n1. The summed E-state index contributed by atoms with van der Waals surface area (Å²) in [6.07, 6.45) is 3.99. The molecule has 1 fully saturated rings. The van der Waals surface area contributed by atoms with Gasteiger partial charge in [-0.15, -0.1) is 10.2 Å². The molecular weight excluding hydrogens is 360 g/mol. The molecule has 0 unspecified atom stereocenters. The van der Waals surface area contributed by atoms with Crippen LogP contribution in [0, 0.1) is 0 Å². The third kappa shape index (κ3) is 3.04. The molecule has 28 heavy (non-hydrogen) atoms. The van der Waals surface area contributed by atoms with Crippen molar-refractivity contribution in [3.05, 3.63) is 58.3 Å². The first-order valence-corrected chi connectivity index (χ1v) is 8.90. The molecule has 3 heterocycles. The van der Waals surface area contributed by atoms with Crippen LogP contribution < -0.4 is 10.9 Å². The van der Waals surface area contributed by atoms with E-state index in [0.29, 0.717) is 17.4 Å². The van der Waals surface area contributed by atoms with E-state index in [1.807, 2.05) is 30.3 Å². The predicted octanol–water partition coefficient (Wildman–Crippen LogP) is 1.29. The maximum Gasteiger partial charge on any atom is 0.302 e. The van der Waals surface area contributed by atoms with Gasteiger partial charge in [-0.05, 0) is 30.5 Å². The summed E-state index contributed by atoms with van der Waals surface area (Å²) in [5, 5.41) is 20.2. The predicted molar refractivity (Wildman–Crippen MR) is 100 cm³/mol. The summed E-state index contributed by atoms with van der Waals surface area (Å²) in [6.45, 7) is 0. The topological polar surface area (TPSA) is 134 Å². The minimum Gasteiger partial charge on any atom is -0.309 e. The molecule has 1 aromatic carbocycles. The fraction of sp³-hybridized carbons (Fsp3) is 0.222. The number of aromatic nitrogens is 7. The molecule has 3 aromatic heterocycles. The molecule has 4 aromatic rings. The Balaban J connectivity index is 1.30. The Bertz CT molecular complexity index is 1220. The van der Waals surface area contributed by atoms with Crippen LogP contribution in [-0.2, 0) is 11.2 Å². The lowest BCUT2D eigenvalue weighted by atomic mass is 10.1. The maximum absolute atomic E-state index is 12.3. The van der Waals surface area contributed by atoms with Gasteiger partial charge in [0.05, 0.1) is 6.42 Å². The standard InChI is InChI=1S/C18H16N8O2/c27-15(20-14-8-13(21-22-14)11-3-4-11)7-10-1-5-12(6-2-10)26-9-19-18(28)16-17(26)24-25-23-16/h1-2,5-6,8-9,11H,3-4,7H2,(H,23,24,25)(H2,20,21,22,27). The highest BCUT2D eigenvalue weighted by molar-refractivity contribution is 5.91. The third-order valence-corrected chi connectivity index (χ3v) is 4.71. The zero-order valence-corrected chi connectivity index (χ0v) is 14.7.